The fourth-order valence-electron chi connectivity index (χ4n) is 3.54. The third kappa shape index (κ3) is 9.53. The van der Waals surface area contributed by atoms with Crippen LogP contribution in [0.4, 0.5) is 0 Å². The lowest BCUT2D eigenvalue weighted by Gasteiger charge is -2.18. The van der Waals surface area contributed by atoms with Crippen LogP contribution in [0.15, 0.2) is 23.2 Å². The first kappa shape index (κ1) is 26.0. The van der Waals surface area contributed by atoms with Gasteiger partial charge in [0.15, 0.2) is 5.96 Å². The monoisotopic (exact) mass is 518 g/mol. The number of aryl methyl sites for hydroxylation is 1. The molecule has 2 rings (SSSR count). The van der Waals surface area contributed by atoms with Gasteiger partial charge in [-0.1, -0.05) is 19.1 Å². The Morgan fingerprint density at radius 3 is 2.79 bits per heavy atom. The smallest absolute Gasteiger partial charge is 0.191 e. The number of hydrogen-bond donors (Lipinski definition) is 2. The Morgan fingerprint density at radius 2 is 2.07 bits per heavy atom. The molecule has 1 heterocycles. The van der Waals surface area contributed by atoms with Crippen molar-refractivity contribution < 1.29 is 9.47 Å². The van der Waals surface area contributed by atoms with Gasteiger partial charge in [0.05, 0.1) is 6.61 Å². The summed E-state index contributed by atoms with van der Waals surface area (Å²) in [5, 5.41) is 6.91. The first-order valence-corrected chi connectivity index (χ1v) is 10.6. The molecular formula is C22H39IN4O2. The van der Waals surface area contributed by atoms with Crippen LogP contribution in [-0.2, 0) is 11.3 Å². The molecule has 0 saturated carbocycles. The highest BCUT2D eigenvalue weighted by molar-refractivity contribution is 14.0. The number of nitrogens with one attached hydrogen (secondary N) is 2. The van der Waals surface area contributed by atoms with E-state index in [2.05, 4.69) is 52.6 Å². The number of aliphatic imine (C=N–C) groups is 1. The Morgan fingerprint density at radius 1 is 1.24 bits per heavy atom. The molecule has 0 amide bonds. The second-order valence-corrected chi connectivity index (χ2v) is 7.42. The van der Waals surface area contributed by atoms with E-state index in [9.17, 15) is 0 Å². The maximum absolute atomic E-state index is 5.93. The maximum atomic E-state index is 5.93. The fraction of sp³-hybridized carbons (Fsp3) is 0.682. The molecule has 0 bridgehead atoms. The molecule has 1 aromatic rings. The van der Waals surface area contributed by atoms with E-state index in [1.54, 1.807) is 0 Å². The Balaban J connectivity index is 0.00000420. The summed E-state index contributed by atoms with van der Waals surface area (Å²) >= 11 is 0. The second-order valence-electron chi connectivity index (χ2n) is 7.42. The molecule has 6 nitrogen and oxygen atoms in total. The van der Waals surface area contributed by atoms with Crippen molar-refractivity contribution in [3.05, 3.63) is 29.3 Å². The van der Waals surface area contributed by atoms with E-state index in [-0.39, 0.29) is 24.0 Å². The third-order valence-electron chi connectivity index (χ3n) is 5.05. The number of nitrogens with zero attached hydrogens (tertiary/aromatic N) is 2. The number of likely N-dealkylation sites (tertiary alicyclic amines) is 1. The highest BCUT2D eigenvalue weighted by Gasteiger charge is 2.21. The number of rotatable bonds is 11. The molecule has 29 heavy (non-hydrogen) atoms. The quantitative estimate of drug-likeness (QED) is 0.204. The first-order valence-electron chi connectivity index (χ1n) is 10.6. The maximum Gasteiger partial charge on any atom is 0.191 e. The predicted molar refractivity (Wildman–Crippen MR) is 132 cm³/mol. The van der Waals surface area contributed by atoms with Crippen LogP contribution in [0.3, 0.4) is 0 Å². The van der Waals surface area contributed by atoms with Crippen molar-refractivity contribution in [1.82, 2.24) is 15.5 Å². The molecule has 0 aliphatic carbocycles. The summed E-state index contributed by atoms with van der Waals surface area (Å²) in [6.45, 7) is 13.5. The van der Waals surface area contributed by atoms with Crippen LogP contribution in [-0.4, -0.2) is 63.9 Å². The minimum atomic E-state index is 0. The van der Waals surface area contributed by atoms with E-state index in [4.69, 9.17) is 9.47 Å². The van der Waals surface area contributed by atoms with Gasteiger partial charge in [-0.15, -0.1) is 24.0 Å². The van der Waals surface area contributed by atoms with Gasteiger partial charge in [-0.25, -0.2) is 0 Å². The molecule has 1 saturated heterocycles. The van der Waals surface area contributed by atoms with Crippen LogP contribution >= 0.6 is 24.0 Å². The van der Waals surface area contributed by atoms with Gasteiger partial charge < -0.3 is 25.0 Å². The van der Waals surface area contributed by atoms with Gasteiger partial charge in [0.1, 0.15) is 12.4 Å². The standard InChI is InChI=1S/C22H38N4O2.HI/c1-5-10-26-11-9-19(17-26)15-24-22(23-4)25-16-20-8-7-18(3)14-21(20)28-13-12-27-6-2;/h7-8,14,19H,5-6,9-13,15-17H2,1-4H3,(H2,23,24,25);1H. The van der Waals surface area contributed by atoms with Gasteiger partial charge in [-0.3, -0.25) is 4.99 Å². The zero-order valence-electron chi connectivity index (χ0n) is 18.5. The zero-order chi connectivity index (χ0) is 20.2. The Bertz CT molecular complexity index is 612. The summed E-state index contributed by atoms with van der Waals surface area (Å²) in [7, 11) is 1.82. The van der Waals surface area contributed by atoms with Gasteiger partial charge in [0.25, 0.3) is 0 Å². The first-order chi connectivity index (χ1) is 13.7. The van der Waals surface area contributed by atoms with E-state index >= 15 is 0 Å². The lowest BCUT2D eigenvalue weighted by molar-refractivity contribution is 0.110. The van der Waals surface area contributed by atoms with E-state index in [1.807, 2.05) is 14.0 Å². The summed E-state index contributed by atoms with van der Waals surface area (Å²) < 4.78 is 11.3. The zero-order valence-corrected chi connectivity index (χ0v) is 20.8. The Kier molecular flexibility index (Phi) is 13.3. The van der Waals surface area contributed by atoms with E-state index in [0.29, 0.717) is 32.3 Å². The van der Waals surface area contributed by atoms with Crippen molar-refractivity contribution in [1.29, 1.82) is 0 Å². The van der Waals surface area contributed by atoms with Crippen LogP contribution in [0.1, 0.15) is 37.8 Å². The predicted octanol–water partition coefficient (Wildman–Crippen LogP) is 3.43. The van der Waals surface area contributed by atoms with Gasteiger partial charge in [-0.05, 0) is 57.3 Å². The molecule has 1 atom stereocenters. The average Bonchev–Trinajstić information content (AvgIpc) is 3.14. The van der Waals surface area contributed by atoms with Gasteiger partial charge >= 0.3 is 0 Å². The largest absolute Gasteiger partial charge is 0.491 e. The third-order valence-corrected chi connectivity index (χ3v) is 5.05. The minimum absolute atomic E-state index is 0. The molecule has 1 aliphatic rings. The molecule has 0 spiro atoms. The van der Waals surface area contributed by atoms with Crippen LogP contribution in [0.5, 0.6) is 5.75 Å². The summed E-state index contributed by atoms with van der Waals surface area (Å²) in [6, 6.07) is 6.31. The summed E-state index contributed by atoms with van der Waals surface area (Å²) in [5.41, 5.74) is 2.32. The van der Waals surface area contributed by atoms with E-state index < -0.39 is 0 Å². The summed E-state index contributed by atoms with van der Waals surface area (Å²) in [4.78, 5) is 6.93. The molecular weight excluding hydrogens is 479 g/mol. The molecule has 2 N–H and O–H groups in total. The van der Waals surface area contributed by atoms with Crippen LogP contribution in [0.25, 0.3) is 0 Å². The van der Waals surface area contributed by atoms with Gasteiger partial charge in [0.2, 0.25) is 0 Å². The number of guanidine groups is 1. The van der Waals surface area contributed by atoms with Crippen molar-refractivity contribution in [3.8, 4) is 5.75 Å². The normalized spacial score (nSPS) is 17.1. The average molecular weight is 518 g/mol. The highest BCUT2D eigenvalue weighted by Crippen LogP contribution is 2.20. The van der Waals surface area contributed by atoms with E-state index in [0.717, 1.165) is 23.8 Å². The van der Waals surface area contributed by atoms with Crippen molar-refractivity contribution in [2.75, 3.05) is 53.0 Å². The number of ether oxygens (including phenoxy) is 2. The number of benzene rings is 1. The van der Waals surface area contributed by atoms with Crippen molar-refractivity contribution in [2.24, 2.45) is 10.9 Å². The minimum Gasteiger partial charge on any atom is -0.491 e. The molecule has 7 heteroatoms. The molecule has 0 aromatic heterocycles. The molecule has 1 unspecified atom stereocenters. The summed E-state index contributed by atoms with van der Waals surface area (Å²) in [5.74, 6) is 2.45. The van der Waals surface area contributed by atoms with Gasteiger partial charge in [0, 0.05) is 38.9 Å². The summed E-state index contributed by atoms with van der Waals surface area (Å²) in [6.07, 6.45) is 2.49. The lowest BCUT2D eigenvalue weighted by Crippen LogP contribution is -2.40. The number of hydrogen-bond acceptors (Lipinski definition) is 4. The Labute approximate surface area is 193 Å². The van der Waals surface area contributed by atoms with E-state index in [1.165, 1.54) is 38.0 Å². The Hall–Kier alpha value is -1.06. The highest BCUT2D eigenvalue weighted by atomic mass is 127. The SMILES string of the molecule is CCCN1CCC(CNC(=NC)NCc2ccc(C)cc2OCCOCC)C1.I. The van der Waals surface area contributed by atoms with Crippen molar-refractivity contribution in [2.45, 2.75) is 40.2 Å². The lowest BCUT2D eigenvalue weighted by atomic mass is 10.1. The molecule has 0 radical (unpaired) electrons. The van der Waals surface area contributed by atoms with Crippen molar-refractivity contribution >= 4 is 29.9 Å². The topological polar surface area (TPSA) is 58.1 Å². The molecule has 1 aliphatic heterocycles. The second kappa shape index (κ2) is 14.8. The fourth-order valence-corrected chi connectivity index (χ4v) is 3.54. The molecule has 1 aromatic carbocycles. The number of halogens is 1. The van der Waals surface area contributed by atoms with Crippen LogP contribution in [0.2, 0.25) is 0 Å². The van der Waals surface area contributed by atoms with Crippen LogP contribution in [0, 0.1) is 12.8 Å². The molecule has 1 fully saturated rings. The van der Waals surface area contributed by atoms with Gasteiger partial charge in [-0.2, -0.15) is 0 Å². The molecule has 166 valence electrons. The van der Waals surface area contributed by atoms with Crippen LogP contribution < -0.4 is 15.4 Å². The van der Waals surface area contributed by atoms with Crippen molar-refractivity contribution in [3.63, 3.8) is 0 Å².